The Labute approximate surface area is 154 Å². The number of benzene rings is 1. The fourth-order valence-corrected chi connectivity index (χ4v) is 2.76. The maximum atomic E-state index is 10.7. The standard InChI is InChI=1S/C11H15BrO3S.K/c1-2-3-10(12)8-9-4-6-11(7-5-9)16(13,14)15;/h4-7,10H,2-3,8H2,1H3,(H,13,14,15);/q;+1/p-1. The molecule has 0 aromatic heterocycles. The van der Waals surface area contributed by atoms with Crippen LogP contribution in [0.5, 0.6) is 0 Å². The fourth-order valence-electron chi connectivity index (χ4n) is 1.46. The van der Waals surface area contributed by atoms with Crippen LogP contribution < -0.4 is 51.4 Å². The van der Waals surface area contributed by atoms with Gasteiger partial charge in [0.15, 0.2) is 0 Å². The number of rotatable bonds is 5. The van der Waals surface area contributed by atoms with Crippen molar-refractivity contribution in [3.63, 3.8) is 0 Å². The third-order valence-electron chi connectivity index (χ3n) is 2.27. The molecule has 1 atom stereocenters. The van der Waals surface area contributed by atoms with Gasteiger partial charge in [-0.3, -0.25) is 0 Å². The van der Waals surface area contributed by atoms with E-state index < -0.39 is 10.1 Å². The summed E-state index contributed by atoms with van der Waals surface area (Å²) in [6, 6.07) is 6.11. The third-order valence-corrected chi connectivity index (χ3v) is 3.90. The molecule has 0 spiro atoms. The van der Waals surface area contributed by atoms with Gasteiger partial charge in [0.25, 0.3) is 0 Å². The molecule has 0 amide bonds. The topological polar surface area (TPSA) is 57.2 Å². The number of alkyl halides is 1. The van der Waals surface area contributed by atoms with Gasteiger partial charge < -0.3 is 4.55 Å². The first-order valence-electron chi connectivity index (χ1n) is 5.12. The van der Waals surface area contributed by atoms with E-state index >= 15 is 0 Å². The van der Waals surface area contributed by atoms with E-state index in [-0.39, 0.29) is 56.3 Å². The molecule has 1 unspecified atom stereocenters. The summed E-state index contributed by atoms with van der Waals surface area (Å²) in [7, 11) is -4.32. The SMILES string of the molecule is CCCC(Br)Cc1ccc(S(=O)(=O)[O-])cc1.[K+]. The molecule has 0 aliphatic heterocycles. The van der Waals surface area contributed by atoms with Crippen molar-refractivity contribution in [2.75, 3.05) is 0 Å². The molecule has 0 bridgehead atoms. The Morgan fingerprint density at radius 3 is 2.24 bits per heavy atom. The molecular formula is C11H14BrKO3S. The zero-order valence-corrected chi connectivity index (χ0v) is 15.5. The van der Waals surface area contributed by atoms with Crippen molar-refractivity contribution in [2.45, 2.75) is 35.9 Å². The maximum Gasteiger partial charge on any atom is 1.00 e. The quantitative estimate of drug-likeness (QED) is 0.418. The summed E-state index contributed by atoms with van der Waals surface area (Å²) < 4.78 is 32.1. The van der Waals surface area contributed by atoms with Crippen LogP contribution in [0.2, 0.25) is 0 Å². The molecule has 1 aromatic rings. The summed E-state index contributed by atoms with van der Waals surface area (Å²) in [5.41, 5.74) is 1.03. The normalized spacial score (nSPS) is 12.9. The van der Waals surface area contributed by atoms with Crippen molar-refractivity contribution < 1.29 is 64.4 Å². The minimum Gasteiger partial charge on any atom is -0.744 e. The van der Waals surface area contributed by atoms with Crippen molar-refractivity contribution in [1.29, 1.82) is 0 Å². The first kappa shape index (κ1) is 18.2. The number of hydrogen-bond acceptors (Lipinski definition) is 3. The minimum atomic E-state index is -4.32. The Hall–Kier alpha value is 1.25. The number of halogens is 1. The van der Waals surface area contributed by atoms with E-state index in [1.165, 1.54) is 12.1 Å². The van der Waals surface area contributed by atoms with Crippen LogP contribution in [0, 0.1) is 0 Å². The second-order valence-corrected chi connectivity index (χ2v) is 6.36. The van der Waals surface area contributed by atoms with Crippen LogP contribution in [0.15, 0.2) is 29.2 Å². The first-order valence-corrected chi connectivity index (χ1v) is 7.44. The molecule has 1 aromatic carbocycles. The van der Waals surface area contributed by atoms with Crippen molar-refractivity contribution in [1.82, 2.24) is 0 Å². The van der Waals surface area contributed by atoms with E-state index in [2.05, 4.69) is 22.9 Å². The van der Waals surface area contributed by atoms with Gasteiger partial charge in [0.1, 0.15) is 10.1 Å². The third kappa shape index (κ3) is 6.82. The van der Waals surface area contributed by atoms with E-state index in [9.17, 15) is 13.0 Å². The van der Waals surface area contributed by atoms with E-state index in [0.717, 1.165) is 24.8 Å². The Balaban J connectivity index is 0.00000256. The monoisotopic (exact) mass is 344 g/mol. The molecule has 0 fully saturated rings. The van der Waals surface area contributed by atoms with Gasteiger partial charge in [-0.2, -0.15) is 0 Å². The van der Waals surface area contributed by atoms with Gasteiger partial charge in [0, 0.05) is 4.83 Å². The van der Waals surface area contributed by atoms with E-state index in [1.807, 2.05) is 0 Å². The van der Waals surface area contributed by atoms with E-state index in [1.54, 1.807) is 12.1 Å². The molecule has 1 rings (SSSR count). The van der Waals surface area contributed by atoms with E-state index in [0.29, 0.717) is 4.83 Å². The van der Waals surface area contributed by atoms with Gasteiger partial charge in [-0.15, -0.1) is 0 Å². The van der Waals surface area contributed by atoms with Gasteiger partial charge in [0.05, 0.1) is 4.90 Å². The Kier molecular flexibility index (Phi) is 9.04. The fraction of sp³-hybridized carbons (Fsp3) is 0.455. The zero-order valence-electron chi connectivity index (χ0n) is 10.0. The van der Waals surface area contributed by atoms with Crippen LogP contribution in [0.3, 0.4) is 0 Å². The Morgan fingerprint density at radius 1 is 1.29 bits per heavy atom. The van der Waals surface area contributed by atoms with Crippen molar-refractivity contribution in [2.24, 2.45) is 0 Å². The molecule has 0 aliphatic rings. The summed E-state index contributed by atoms with van der Waals surface area (Å²) in [5, 5.41) is 0. The largest absolute Gasteiger partial charge is 1.00 e. The molecule has 0 saturated heterocycles. The minimum absolute atomic E-state index is 0. The second kappa shape index (κ2) is 8.42. The van der Waals surface area contributed by atoms with Crippen LogP contribution in [-0.4, -0.2) is 17.8 Å². The molecule has 3 nitrogen and oxygen atoms in total. The van der Waals surface area contributed by atoms with Crippen LogP contribution in [0.4, 0.5) is 0 Å². The maximum absolute atomic E-state index is 10.7. The molecule has 90 valence electrons. The second-order valence-electron chi connectivity index (χ2n) is 3.69. The van der Waals surface area contributed by atoms with Crippen LogP contribution >= 0.6 is 15.9 Å². The Morgan fingerprint density at radius 2 is 1.82 bits per heavy atom. The summed E-state index contributed by atoms with van der Waals surface area (Å²) in [6.07, 6.45) is 3.01. The molecule has 0 saturated carbocycles. The van der Waals surface area contributed by atoms with Gasteiger partial charge in [-0.25, -0.2) is 8.42 Å². The van der Waals surface area contributed by atoms with Gasteiger partial charge >= 0.3 is 51.4 Å². The molecule has 6 heteroatoms. The van der Waals surface area contributed by atoms with Crippen LogP contribution in [-0.2, 0) is 16.5 Å². The summed E-state index contributed by atoms with van der Waals surface area (Å²) in [5.74, 6) is 0. The van der Waals surface area contributed by atoms with Crippen molar-refractivity contribution in [3.8, 4) is 0 Å². The summed E-state index contributed by atoms with van der Waals surface area (Å²) >= 11 is 3.55. The summed E-state index contributed by atoms with van der Waals surface area (Å²) in [4.78, 5) is 0.227. The van der Waals surface area contributed by atoms with Crippen molar-refractivity contribution in [3.05, 3.63) is 29.8 Å². The van der Waals surface area contributed by atoms with Gasteiger partial charge in [-0.1, -0.05) is 41.4 Å². The summed E-state index contributed by atoms with van der Waals surface area (Å²) in [6.45, 7) is 2.11. The molecule has 0 aliphatic carbocycles. The van der Waals surface area contributed by atoms with Crippen LogP contribution in [0.1, 0.15) is 25.3 Å². The number of hydrogen-bond donors (Lipinski definition) is 0. The first-order chi connectivity index (χ1) is 7.43. The van der Waals surface area contributed by atoms with Crippen LogP contribution in [0.25, 0.3) is 0 Å². The average molecular weight is 345 g/mol. The van der Waals surface area contributed by atoms with Crippen molar-refractivity contribution >= 4 is 26.0 Å². The molecule has 17 heavy (non-hydrogen) atoms. The van der Waals surface area contributed by atoms with E-state index in [4.69, 9.17) is 0 Å². The predicted molar refractivity (Wildman–Crippen MR) is 65.7 cm³/mol. The Bertz CT molecular complexity index is 431. The zero-order chi connectivity index (χ0) is 12.2. The molecule has 0 N–H and O–H groups in total. The smallest absolute Gasteiger partial charge is 0.744 e. The van der Waals surface area contributed by atoms with Gasteiger partial charge in [-0.05, 0) is 30.5 Å². The average Bonchev–Trinajstić information content (AvgIpc) is 2.17. The molecular weight excluding hydrogens is 331 g/mol. The van der Waals surface area contributed by atoms with Gasteiger partial charge in [0.2, 0.25) is 0 Å². The molecule has 0 radical (unpaired) electrons. The predicted octanol–water partition coefficient (Wildman–Crippen LogP) is -0.299. The molecule has 0 heterocycles.